The third-order valence-electron chi connectivity index (χ3n) is 3.98. The van der Waals surface area contributed by atoms with Gasteiger partial charge in [-0.1, -0.05) is 37.6 Å². The van der Waals surface area contributed by atoms with Crippen molar-refractivity contribution >= 4 is 11.6 Å². The first-order valence-corrected chi connectivity index (χ1v) is 7.24. The van der Waals surface area contributed by atoms with Crippen LogP contribution in [0.2, 0.25) is 5.02 Å². The lowest BCUT2D eigenvalue weighted by Crippen LogP contribution is -2.19. The zero-order chi connectivity index (χ0) is 15.2. The fraction of sp³-hybridized carbons (Fsp3) is 0.294. The predicted molar refractivity (Wildman–Crippen MR) is 82.4 cm³/mol. The molecule has 3 rings (SSSR count). The molecule has 2 aromatic rings. The van der Waals surface area contributed by atoms with Crippen LogP contribution in [-0.2, 0) is 5.41 Å². The highest BCUT2D eigenvalue weighted by Crippen LogP contribution is 2.40. The van der Waals surface area contributed by atoms with Crippen molar-refractivity contribution in [3.8, 4) is 5.75 Å². The van der Waals surface area contributed by atoms with Crippen molar-refractivity contribution in [2.24, 2.45) is 5.73 Å². The standard InChI is InChI=1S/C17H17ClFNO/c1-17(2)9-21-15-6-4-10(7-12(15)17)16(20)11-3-5-14(19)13(18)8-11/h3-8,16H,9,20H2,1-2H3. The van der Waals surface area contributed by atoms with Gasteiger partial charge in [0.1, 0.15) is 11.6 Å². The first-order chi connectivity index (χ1) is 9.88. The highest BCUT2D eigenvalue weighted by molar-refractivity contribution is 6.30. The zero-order valence-electron chi connectivity index (χ0n) is 12.0. The Morgan fingerprint density at radius 3 is 2.57 bits per heavy atom. The fourth-order valence-electron chi connectivity index (χ4n) is 2.63. The van der Waals surface area contributed by atoms with Crippen LogP contribution in [0.1, 0.15) is 36.6 Å². The number of fused-ring (bicyclic) bond motifs is 1. The number of hydrogen-bond donors (Lipinski definition) is 1. The van der Waals surface area contributed by atoms with Crippen molar-refractivity contribution in [2.75, 3.05) is 6.61 Å². The molecule has 1 unspecified atom stereocenters. The Bertz CT molecular complexity index is 699. The Hall–Kier alpha value is -1.58. The second-order valence-corrected chi connectivity index (χ2v) is 6.49. The summed E-state index contributed by atoms with van der Waals surface area (Å²) < 4.78 is 18.9. The van der Waals surface area contributed by atoms with Gasteiger partial charge in [0.15, 0.2) is 0 Å². The Balaban J connectivity index is 1.99. The molecule has 1 atom stereocenters. The van der Waals surface area contributed by atoms with Crippen molar-refractivity contribution in [1.29, 1.82) is 0 Å². The quantitative estimate of drug-likeness (QED) is 0.902. The summed E-state index contributed by atoms with van der Waals surface area (Å²) in [6, 6.07) is 10.2. The molecule has 2 nitrogen and oxygen atoms in total. The van der Waals surface area contributed by atoms with Gasteiger partial charge in [-0.05, 0) is 35.4 Å². The summed E-state index contributed by atoms with van der Waals surface area (Å²) in [5.74, 6) is 0.476. The molecule has 0 fully saturated rings. The van der Waals surface area contributed by atoms with Crippen LogP contribution in [-0.4, -0.2) is 6.61 Å². The van der Waals surface area contributed by atoms with E-state index in [1.54, 1.807) is 12.1 Å². The van der Waals surface area contributed by atoms with E-state index in [-0.39, 0.29) is 16.5 Å². The summed E-state index contributed by atoms with van der Waals surface area (Å²) in [6.45, 7) is 4.95. The molecule has 0 bridgehead atoms. The van der Waals surface area contributed by atoms with E-state index in [0.717, 1.165) is 22.4 Å². The first-order valence-electron chi connectivity index (χ1n) is 6.86. The molecule has 0 saturated heterocycles. The second-order valence-electron chi connectivity index (χ2n) is 6.08. The fourth-order valence-corrected chi connectivity index (χ4v) is 2.82. The van der Waals surface area contributed by atoms with Crippen molar-refractivity contribution in [1.82, 2.24) is 0 Å². The third kappa shape index (κ3) is 2.52. The number of nitrogens with two attached hydrogens (primary N) is 1. The Labute approximate surface area is 128 Å². The van der Waals surface area contributed by atoms with Gasteiger partial charge in [0.2, 0.25) is 0 Å². The number of ether oxygens (including phenoxy) is 1. The van der Waals surface area contributed by atoms with E-state index < -0.39 is 5.82 Å². The molecule has 2 N–H and O–H groups in total. The van der Waals surface area contributed by atoms with Crippen LogP contribution in [0.3, 0.4) is 0 Å². The molecule has 0 spiro atoms. The minimum atomic E-state index is -0.434. The average molecular weight is 306 g/mol. The molecular weight excluding hydrogens is 289 g/mol. The first kappa shape index (κ1) is 14.4. The summed E-state index contributed by atoms with van der Waals surface area (Å²) in [5.41, 5.74) is 9.19. The smallest absolute Gasteiger partial charge is 0.141 e. The summed E-state index contributed by atoms with van der Waals surface area (Å²) in [5, 5.41) is 0.0905. The maximum absolute atomic E-state index is 13.3. The molecule has 0 aliphatic carbocycles. The minimum Gasteiger partial charge on any atom is -0.492 e. The van der Waals surface area contributed by atoms with Gasteiger partial charge >= 0.3 is 0 Å². The van der Waals surface area contributed by atoms with Gasteiger partial charge in [-0.25, -0.2) is 4.39 Å². The molecule has 0 aromatic heterocycles. The van der Waals surface area contributed by atoms with E-state index >= 15 is 0 Å². The zero-order valence-corrected chi connectivity index (χ0v) is 12.7. The van der Waals surface area contributed by atoms with E-state index in [1.165, 1.54) is 6.07 Å². The van der Waals surface area contributed by atoms with Crippen LogP contribution in [0.5, 0.6) is 5.75 Å². The lowest BCUT2D eigenvalue weighted by Gasteiger charge is -2.18. The van der Waals surface area contributed by atoms with Gasteiger partial charge < -0.3 is 10.5 Å². The number of hydrogen-bond acceptors (Lipinski definition) is 2. The lowest BCUT2D eigenvalue weighted by atomic mass is 9.85. The van der Waals surface area contributed by atoms with E-state index in [4.69, 9.17) is 22.1 Å². The van der Waals surface area contributed by atoms with Gasteiger partial charge in [0.25, 0.3) is 0 Å². The molecule has 21 heavy (non-hydrogen) atoms. The SMILES string of the molecule is CC1(C)COc2ccc(C(N)c3ccc(F)c(Cl)c3)cc21. The predicted octanol–water partition coefficient (Wildman–Crippen LogP) is 4.20. The summed E-state index contributed by atoms with van der Waals surface area (Å²) in [4.78, 5) is 0. The van der Waals surface area contributed by atoms with Gasteiger partial charge in [-0.15, -0.1) is 0 Å². The minimum absolute atomic E-state index is 0.0223. The van der Waals surface area contributed by atoms with E-state index in [1.807, 2.05) is 12.1 Å². The van der Waals surface area contributed by atoms with Crippen LogP contribution in [0.4, 0.5) is 4.39 Å². The van der Waals surface area contributed by atoms with Crippen LogP contribution < -0.4 is 10.5 Å². The van der Waals surface area contributed by atoms with E-state index in [9.17, 15) is 4.39 Å². The molecule has 1 heterocycles. The molecule has 0 radical (unpaired) electrons. The molecule has 0 amide bonds. The third-order valence-corrected chi connectivity index (χ3v) is 4.27. The molecular formula is C17H17ClFNO. The Morgan fingerprint density at radius 2 is 1.86 bits per heavy atom. The van der Waals surface area contributed by atoms with Crippen LogP contribution in [0, 0.1) is 5.82 Å². The summed E-state index contributed by atoms with van der Waals surface area (Å²) in [7, 11) is 0. The lowest BCUT2D eigenvalue weighted by molar-refractivity contribution is 0.291. The van der Waals surface area contributed by atoms with Gasteiger partial charge in [0.05, 0.1) is 17.7 Å². The van der Waals surface area contributed by atoms with Crippen LogP contribution in [0.25, 0.3) is 0 Å². The molecule has 0 saturated carbocycles. The largest absolute Gasteiger partial charge is 0.492 e. The van der Waals surface area contributed by atoms with Gasteiger partial charge in [-0.3, -0.25) is 0 Å². The Morgan fingerprint density at radius 1 is 1.19 bits per heavy atom. The van der Waals surface area contributed by atoms with Gasteiger partial charge in [0, 0.05) is 11.0 Å². The van der Waals surface area contributed by atoms with Crippen molar-refractivity contribution in [2.45, 2.75) is 25.3 Å². The van der Waals surface area contributed by atoms with Gasteiger partial charge in [-0.2, -0.15) is 0 Å². The maximum Gasteiger partial charge on any atom is 0.141 e. The van der Waals surface area contributed by atoms with Crippen molar-refractivity contribution < 1.29 is 9.13 Å². The number of rotatable bonds is 2. The highest BCUT2D eigenvalue weighted by atomic mass is 35.5. The van der Waals surface area contributed by atoms with Crippen molar-refractivity contribution in [3.05, 3.63) is 63.9 Å². The summed E-state index contributed by atoms with van der Waals surface area (Å²) in [6.07, 6.45) is 0. The Kier molecular flexibility index (Phi) is 3.42. The molecule has 110 valence electrons. The number of benzene rings is 2. The normalized spacial score (nSPS) is 17.2. The molecule has 1 aliphatic heterocycles. The van der Waals surface area contributed by atoms with Crippen LogP contribution >= 0.6 is 11.6 Å². The topological polar surface area (TPSA) is 35.2 Å². The second kappa shape index (κ2) is 5.00. The highest BCUT2D eigenvalue weighted by Gasteiger charge is 2.32. The average Bonchev–Trinajstić information content (AvgIpc) is 2.76. The molecule has 1 aliphatic rings. The van der Waals surface area contributed by atoms with E-state index in [2.05, 4.69) is 19.9 Å². The van der Waals surface area contributed by atoms with Crippen molar-refractivity contribution in [3.63, 3.8) is 0 Å². The van der Waals surface area contributed by atoms with E-state index in [0.29, 0.717) is 6.61 Å². The monoisotopic (exact) mass is 305 g/mol. The summed E-state index contributed by atoms with van der Waals surface area (Å²) >= 11 is 5.83. The molecule has 2 aromatic carbocycles. The number of halogens is 2. The van der Waals surface area contributed by atoms with Crippen LogP contribution in [0.15, 0.2) is 36.4 Å². The molecule has 4 heteroatoms. The maximum atomic E-state index is 13.3.